The summed E-state index contributed by atoms with van der Waals surface area (Å²) in [6, 6.07) is 0. The van der Waals surface area contributed by atoms with Crippen LogP contribution in [-0.2, 0) is 27.9 Å². The maximum atomic E-state index is 12.7. The van der Waals surface area contributed by atoms with Gasteiger partial charge in [-0.05, 0) is 12.8 Å². The molecule has 384 valence electrons. The number of phosphoric ester groups is 1. The summed E-state index contributed by atoms with van der Waals surface area (Å²) in [4.78, 5) is 22.7. The lowest BCUT2D eigenvalue weighted by molar-refractivity contribution is -0.154. The molecule has 0 aromatic rings. The van der Waals surface area contributed by atoms with E-state index in [1.807, 2.05) is 0 Å². The van der Waals surface area contributed by atoms with E-state index in [1.165, 1.54) is 244 Å². The normalized spacial score (nSPS) is 13.6. The summed E-state index contributed by atoms with van der Waals surface area (Å²) >= 11 is 0. The monoisotopic (exact) mass is 933 g/mol. The predicted molar refractivity (Wildman–Crippen MR) is 270 cm³/mol. The third kappa shape index (κ3) is 50.9. The van der Waals surface area contributed by atoms with Gasteiger partial charge in [-0.1, -0.05) is 277 Å². The Bertz CT molecular complexity index is 969. The van der Waals surface area contributed by atoms with Crippen molar-refractivity contribution in [2.45, 2.75) is 309 Å². The molecule has 0 saturated carbocycles. The van der Waals surface area contributed by atoms with Crippen molar-refractivity contribution < 1.29 is 43.0 Å². The molecule has 64 heavy (non-hydrogen) atoms. The van der Waals surface area contributed by atoms with Crippen molar-refractivity contribution in [3.63, 3.8) is 0 Å². The predicted octanol–water partition coefficient (Wildman–Crippen LogP) is 16.6. The Kier molecular flexibility index (Phi) is 51.4. The van der Waals surface area contributed by atoms with Crippen molar-refractivity contribution in [1.82, 2.24) is 0 Å². The smallest absolute Gasteiger partial charge is 0.457 e. The second-order valence-corrected chi connectivity index (χ2v) is 20.8. The SMILES string of the molecule is CCCCCCCCCCCCCCCCCCCCCCCCCC(=O)O[C@H](COCCCCCCCCCCCCCCCCCCCCCC)COP(=O)(O)OC[C@@H](O)CO. The van der Waals surface area contributed by atoms with Gasteiger partial charge in [-0.3, -0.25) is 13.8 Å². The summed E-state index contributed by atoms with van der Waals surface area (Å²) in [6.45, 7) is 3.62. The lowest BCUT2D eigenvalue weighted by Crippen LogP contribution is -2.29. The molecule has 0 aromatic carbocycles. The van der Waals surface area contributed by atoms with E-state index in [-0.39, 0.29) is 25.6 Å². The van der Waals surface area contributed by atoms with Crippen LogP contribution in [0.4, 0.5) is 0 Å². The minimum Gasteiger partial charge on any atom is -0.457 e. The van der Waals surface area contributed by atoms with E-state index < -0.39 is 33.2 Å². The highest BCUT2D eigenvalue weighted by molar-refractivity contribution is 7.47. The number of phosphoric acid groups is 1. The summed E-state index contributed by atoms with van der Waals surface area (Å²) in [7, 11) is -4.52. The first-order chi connectivity index (χ1) is 31.3. The Balaban J connectivity index is 3.96. The van der Waals surface area contributed by atoms with Crippen LogP contribution in [0, 0.1) is 0 Å². The second-order valence-electron chi connectivity index (χ2n) is 19.3. The minimum absolute atomic E-state index is 0.0591. The molecule has 0 aliphatic carbocycles. The molecule has 0 amide bonds. The Morgan fingerprint density at radius 3 is 1.02 bits per heavy atom. The molecule has 1 unspecified atom stereocenters. The average Bonchev–Trinajstić information content (AvgIpc) is 3.29. The first-order valence-electron chi connectivity index (χ1n) is 28.0. The van der Waals surface area contributed by atoms with Gasteiger partial charge in [0.05, 0.1) is 26.4 Å². The maximum absolute atomic E-state index is 12.7. The van der Waals surface area contributed by atoms with Gasteiger partial charge >= 0.3 is 13.8 Å². The minimum atomic E-state index is -4.52. The number of aliphatic hydroxyl groups excluding tert-OH is 2. The molecule has 0 rings (SSSR count). The molecular weight excluding hydrogens is 824 g/mol. The largest absolute Gasteiger partial charge is 0.472 e. The fourth-order valence-electron chi connectivity index (χ4n) is 8.54. The van der Waals surface area contributed by atoms with Gasteiger partial charge in [0.1, 0.15) is 12.2 Å². The first-order valence-corrected chi connectivity index (χ1v) is 29.5. The number of hydrogen-bond donors (Lipinski definition) is 3. The summed E-state index contributed by atoms with van der Waals surface area (Å²) < 4.78 is 33.6. The summed E-state index contributed by atoms with van der Waals surface area (Å²) in [5.41, 5.74) is 0. The molecular formula is C54H109O9P. The van der Waals surface area contributed by atoms with Crippen LogP contribution in [0.2, 0.25) is 0 Å². The van der Waals surface area contributed by atoms with E-state index in [1.54, 1.807) is 0 Å². The molecule has 0 spiro atoms. The number of ether oxygens (including phenoxy) is 2. The zero-order valence-corrected chi connectivity index (χ0v) is 43.4. The van der Waals surface area contributed by atoms with Gasteiger partial charge in [0.2, 0.25) is 0 Å². The average molecular weight is 933 g/mol. The maximum Gasteiger partial charge on any atom is 0.472 e. The van der Waals surface area contributed by atoms with E-state index in [2.05, 4.69) is 13.8 Å². The number of carbonyl (C=O) groups is 1. The zero-order valence-electron chi connectivity index (χ0n) is 42.5. The molecule has 10 heteroatoms. The molecule has 0 radical (unpaired) electrons. The topological polar surface area (TPSA) is 132 Å². The van der Waals surface area contributed by atoms with Crippen LogP contribution in [0.3, 0.4) is 0 Å². The van der Waals surface area contributed by atoms with E-state index >= 15 is 0 Å². The molecule has 3 N–H and O–H groups in total. The second kappa shape index (κ2) is 51.8. The van der Waals surface area contributed by atoms with E-state index in [9.17, 15) is 19.4 Å². The Morgan fingerprint density at radius 1 is 0.422 bits per heavy atom. The highest BCUT2D eigenvalue weighted by Gasteiger charge is 2.26. The van der Waals surface area contributed by atoms with Gasteiger partial charge in [-0.15, -0.1) is 0 Å². The highest BCUT2D eigenvalue weighted by Crippen LogP contribution is 2.43. The van der Waals surface area contributed by atoms with Crippen LogP contribution in [0.5, 0.6) is 0 Å². The summed E-state index contributed by atoms with van der Waals surface area (Å²) in [6.07, 6.45) is 55.1. The molecule has 0 aliphatic heterocycles. The fourth-order valence-corrected chi connectivity index (χ4v) is 9.33. The van der Waals surface area contributed by atoms with Crippen molar-refractivity contribution in [2.24, 2.45) is 0 Å². The third-order valence-electron chi connectivity index (χ3n) is 12.8. The van der Waals surface area contributed by atoms with Crippen LogP contribution >= 0.6 is 7.82 Å². The number of esters is 1. The van der Waals surface area contributed by atoms with E-state index in [4.69, 9.17) is 23.6 Å². The molecule has 0 fully saturated rings. The van der Waals surface area contributed by atoms with Crippen LogP contribution in [-0.4, -0.2) is 66.3 Å². The Hall–Kier alpha value is -0.540. The van der Waals surface area contributed by atoms with Crippen molar-refractivity contribution in [1.29, 1.82) is 0 Å². The van der Waals surface area contributed by atoms with Gasteiger partial charge < -0.3 is 24.6 Å². The number of hydrogen-bond acceptors (Lipinski definition) is 8. The van der Waals surface area contributed by atoms with Gasteiger partial charge in [0.15, 0.2) is 0 Å². The Morgan fingerprint density at radius 2 is 0.703 bits per heavy atom. The van der Waals surface area contributed by atoms with Gasteiger partial charge in [0, 0.05) is 13.0 Å². The van der Waals surface area contributed by atoms with E-state index in [0.29, 0.717) is 6.61 Å². The van der Waals surface area contributed by atoms with Gasteiger partial charge in [0.25, 0.3) is 0 Å². The zero-order chi connectivity index (χ0) is 46.7. The number of unbranched alkanes of at least 4 members (excludes halogenated alkanes) is 41. The van der Waals surface area contributed by atoms with Crippen LogP contribution in [0.1, 0.15) is 296 Å². The molecule has 0 saturated heterocycles. The number of aliphatic hydroxyl groups is 2. The molecule has 0 heterocycles. The lowest BCUT2D eigenvalue weighted by Gasteiger charge is -2.20. The van der Waals surface area contributed by atoms with Crippen LogP contribution in [0.25, 0.3) is 0 Å². The van der Waals surface area contributed by atoms with Crippen LogP contribution in [0.15, 0.2) is 0 Å². The number of carbonyl (C=O) groups excluding carboxylic acids is 1. The lowest BCUT2D eigenvalue weighted by atomic mass is 10.0. The summed E-state index contributed by atoms with van der Waals surface area (Å²) in [5, 5.41) is 18.4. The van der Waals surface area contributed by atoms with E-state index in [0.717, 1.165) is 32.1 Å². The van der Waals surface area contributed by atoms with Crippen molar-refractivity contribution in [3.05, 3.63) is 0 Å². The molecule has 0 bridgehead atoms. The van der Waals surface area contributed by atoms with Crippen molar-refractivity contribution in [2.75, 3.05) is 33.0 Å². The quantitative estimate of drug-likeness (QED) is 0.0310. The highest BCUT2D eigenvalue weighted by atomic mass is 31.2. The molecule has 3 atom stereocenters. The molecule has 0 aromatic heterocycles. The third-order valence-corrected chi connectivity index (χ3v) is 13.7. The van der Waals surface area contributed by atoms with Crippen LogP contribution < -0.4 is 0 Å². The molecule has 9 nitrogen and oxygen atoms in total. The number of rotatable bonds is 55. The van der Waals surface area contributed by atoms with Crippen molar-refractivity contribution >= 4 is 13.8 Å². The fraction of sp³-hybridized carbons (Fsp3) is 0.981. The Labute approximate surface area is 397 Å². The molecule has 0 aliphatic rings. The summed E-state index contributed by atoms with van der Waals surface area (Å²) in [5.74, 6) is -0.371. The van der Waals surface area contributed by atoms with Gasteiger partial charge in [-0.25, -0.2) is 4.57 Å². The standard InChI is InChI=1S/C54H109O9P/c1-3-5-7-9-11-13-15-17-19-21-23-25-26-27-28-30-32-34-36-38-40-42-44-46-54(57)63-53(51-62-64(58,59)61-49-52(56)48-55)50-60-47-45-43-41-39-37-35-33-31-29-24-22-20-18-16-14-12-10-8-6-4-2/h52-53,55-56H,3-51H2,1-2H3,(H,58,59)/t52-,53+/m0/s1. The van der Waals surface area contributed by atoms with Crippen molar-refractivity contribution in [3.8, 4) is 0 Å². The first kappa shape index (κ1) is 63.5. The van der Waals surface area contributed by atoms with Gasteiger partial charge in [-0.2, -0.15) is 0 Å².